The highest BCUT2D eigenvalue weighted by molar-refractivity contribution is 5.77. The smallest absolute Gasteiger partial charge is 0.418 e. The summed E-state index contributed by atoms with van der Waals surface area (Å²) in [5, 5.41) is 4.19. The second-order valence-electron chi connectivity index (χ2n) is 9.60. The summed E-state index contributed by atoms with van der Waals surface area (Å²) in [6.45, 7) is 5.99. The molecule has 1 fully saturated rings. The monoisotopic (exact) mass is 461 g/mol. The van der Waals surface area contributed by atoms with Crippen LogP contribution in [0.3, 0.4) is 0 Å². The van der Waals surface area contributed by atoms with Crippen molar-refractivity contribution < 1.29 is 27.5 Å². The van der Waals surface area contributed by atoms with Gasteiger partial charge in [0.1, 0.15) is 5.60 Å². The van der Waals surface area contributed by atoms with Crippen molar-refractivity contribution >= 4 is 12.4 Å². The van der Waals surface area contributed by atoms with E-state index in [2.05, 4.69) is 5.10 Å². The minimum absolute atomic E-state index is 0.152. The van der Waals surface area contributed by atoms with Crippen molar-refractivity contribution in [3.8, 4) is 5.69 Å². The number of aromatic nitrogens is 2. The maximum atomic E-state index is 13.8. The van der Waals surface area contributed by atoms with Crippen LogP contribution >= 0.6 is 0 Å². The zero-order chi connectivity index (χ0) is 24.0. The maximum absolute atomic E-state index is 13.8. The highest BCUT2D eigenvalue weighted by Crippen LogP contribution is 2.52. The number of aldehydes is 1. The quantitative estimate of drug-likeness (QED) is 0.455. The molecule has 2 heterocycles. The fraction of sp³-hybridized carbons (Fsp3) is 0.458. The summed E-state index contributed by atoms with van der Waals surface area (Å²) in [4.78, 5) is 26.3. The second-order valence-corrected chi connectivity index (χ2v) is 9.60. The standard InChI is InChI=1S/C24H26F3N3O3/c1-22(2,3)33-21(32)29-12-11-23(9-6-10-23)18(14-29)20-16(15-31)13-28-30(20)19-8-5-4-7-17(19)24(25,26)27/h4-9,13,15,18H,10-12,14H2,1-3H3. The van der Waals surface area contributed by atoms with Crippen molar-refractivity contribution in [3.05, 3.63) is 59.4 Å². The summed E-state index contributed by atoms with van der Waals surface area (Å²) in [6, 6.07) is 5.15. The van der Waals surface area contributed by atoms with Gasteiger partial charge in [-0.25, -0.2) is 9.48 Å². The molecule has 2 atom stereocenters. The van der Waals surface area contributed by atoms with Crippen molar-refractivity contribution in [1.82, 2.24) is 14.7 Å². The van der Waals surface area contributed by atoms with E-state index in [1.165, 1.54) is 29.1 Å². The van der Waals surface area contributed by atoms with Crippen LogP contribution in [0, 0.1) is 5.41 Å². The molecule has 1 aromatic carbocycles. The zero-order valence-electron chi connectivity index (χ0n) is 18.7. The van der Waals surface area contributed by atoms with E-state index in [0.29, 0.717) is 31.4 Å². The van der Waals surface area contributed by atoms with Gasteiger partial charge in [0.15, 0.2) is 6.29 Å². The van der Waals surface area contributed by atoms with E-state index in [4.69, 9.17) is 4.74 Å². The van der Waals surface area contributed by atoms with E-state index in [1.807, 2.05) is 12.2 Å². The van der Waals surface area contributed by atoms with Gasteiger partial charge in [0.05, 0.1) is 28.7 Å². The van der Waals surface area contributed by atoms with Crippen molar-refractivity contribution in [2.24, 2.45) is 5.41 Å². The normalized spacial score (nSPS) is 22.8. The van der Waals surface area contributed by atoms with Crippen LogP contribution in [0.15, 0.2) is 42.6 Å². The van der Waals surface area contributed by atoms with Gasteiger partial charge in [-0.2, -0.15) is 18.3 Å². The maximum Gasteiger partial charge on any atom is 0.418 e. The molecule has 33 heavy (non-hydrogen) atoms. The van der Waals surface area contributed by atoms with Crippen molar-refractivity contribution in [1.29, 1.82) is 0 Å². The lowest BCUT2D eigenvalue weighted by Gasteiger charge is -2.49. The molecule has 0 saturated carbocycles. The van der Waals surface area contributed by atoms with Crippen LogP contribution in [0.25, 0.3) is 5.69 Å². The van der Waals surface area contributed by atoms with Gasteiger partial charge in [0, 0.05) is 24.4 Å². The molecule has 1 amide bonds. The Labute approximate surface area is 190 Å². The molecule has 2 aromatic rings. The molecule has 0 bridgehead atoms. The third-order valence-corrected chi connectivity index (χ3v) is 6.27. The first-order valence-corrected chi connectivity index (χ1v) is 10.8. The number of piperidine rings is 1. The summed E-state index contributed by atoms with van der Waals surface area (Å²) in [7, 11) is 0. The SMILES string of the molecule is CC(C)(C)OC(=O)N1CCC2(C=CC2)C(c2c(C=O)cnn2-c2ccccc2C(F)(F)F)C1. The van der Waals surface area contributed by atoms with Crippen LogP contribution in [0.2, 0.25) is 0 Å². The van der Waals surface area contributed by atoms with Gasteiger partial charge in [-0.05, 0) is 45.7 Å². The number of benzene rings is 1. The second kappa shape index (κ2) is 8.04. The third kappa shape index (κ3) is 4.28. The van der Waals surface area contributed by atoms with Crippen LogP contribution in [-0.4, -0.2) is 45.8 Å². The van der Waals surface area contributed by atoms with Crippen molar-refractivity contribution in [3.63, 3.8) is 0 Å². The number of carbonyl (C=O) groups excluding carboxylic acids is 2. The van der Waals surface area contributed by atoms with E-state index in [0.717, 1.165) is 6.07 Å². The number of hydrogen-bond donors (Lipinski definition) is 0. The van der Waals surface area contributed by atoms with Gasteiger partial charge in [-0.1, -0.05) is 24.3 Å². The number of amides is 1. The van der Waals surface area contributed by atoms with E-state index in [1.54, 1.807) is 25.7 Å². The molecule has 176 valence electrons. The molecule has 1 spiro atoms. The first kappa shape index (κ1) is 23.1. The summed E-state index contributed by atoms with van der Waals surface area (Å²) >= 11 is 0. The molecule has 1 aliphatic heterocycles. The number of nitrogens with zero attached hydrogens (tertiary/aromatic N) is 3. The first-order chi connectivity index (χ1) is 15.5. The van der Waals surface area contributed by atoms with Crippen LogP contribution in [0.4, 0.5) is 18.0 Å². The summed E-state index contributed by atoms with van der Waals surface area (Å²) < 4.78 is 48.0. The van der Waals surface area contributed by atoms with Crippen LogP contribution in [-0.2, 0) is 10.9 Å². The molecular weight excluding hydrogens is 435 g/mol. The Balaban J connectivity index is 1.81. The Bertz CT molecular complexity index is 1100. The van der Waals surface area contributed by atoms with Gasteiger partial charge in [-0.3, -0.25) is 4.79 Å². The van der Waals surface area contributed by atoms with E-state index in [9.17, 15) is 22.8 Å². The van der Waals surface area contributed by atoms with Gasteiger partial charge < -0.3 is 9.64 Å². The van der Waals surface area contributed by atoms with Gasteiger partial charge in [0.2, 0.25) is 0 Å². The molecule has 0 radical (unpaired) electrons. The predicted octanol–water partition coefficient (Wildman–Crippen LogP) is 5.37. The molecule has 4 rings (SSSR count). The van der Waals surface area contributed by atoms with E-state index in [-0.39, 0.29) is 23.2 Å². The van der Waals surface area contributed by atoms with E-state index >= 15 is 0 Å². The minimum Gasteiger partial charge on any atom is -0.444 e. The molecule has 0 N–H and O–H groups in total. The molecule has 1 aromatic heterocycles. The summed E-state index contributed by atoms with van der Waals surface area (Å²) in [5.74, 6) is -0.423. The number of rotatable bonds is 3. The molecule has 1 aliphatic carbocycles. The van der Waals surface area contributed by atoms with Gasteiger partial charge in [-0.15, -0.1) is 0 Å². The van der Waals surface area contributed by atoms with Gasteiger partial charge in [0.25, 0.3) is 0 Å². The van der Waals surface area contributed by atoms with Crippen molar-refractivity contribution in [2.75, 3.05) is 13.1 Å². The fourth-order valence-corrected chi connectivity index (χ4v) is 4.63. The predicted molar refractivity (Wildman–Crippen MR) is 115 cm³/mol. The Morgan fingerprint density at radius 1 is 1.24 bits per heavy atom. The first-order valence-electron chi connectivity index (χ1n) is 10.8. The zero-order valence-corrected chi connectivity index (χ0v) is 18.7. The molecule has 1 saturated heterocycles. The molecular formula is C24H26F3N3O3. The molecule has 9 heteroatoms. The largest absolute Gasteiger partial charge is 0.444 e. The minimum atomic E-state index is -4.59. The molecule has 2 unspecified atom stereocenters. The third-order valence-electron chi connectivity index (χ3n) is 6.27. The Morgan fingerprint density at radius 3 is 2.52 bits per heavy atom. The molecule has 6 nitrogen and oxygen atoms in total. The number of alkyl halides is 3. The number of hydrogen-bond acceptors (Lipinski definition) is 4. The van der Waals surface area contributed by atoms with Crippen LogP contribution in [0.1, 0.15) is 61.1 Å². The number of para-hydroxylation sites is 1. The average Bonchev–Trinajstić information content (AvgIpc) is 3.14. The van der Waals surface area contributed by atoms with E-state index < -0.39 is 29.4 Å². The number of allylic oxidation sites excluding steroid dienone is 2. The van der Waals surface area contributed by atoms with Gasteiger partial charge >= 0.3 is 12.3 Å². The van der Waals surface area contributed by atoms with Crippen LogP contribution in [0.5, 0.6) is 0 Å². The highest BCUT2D eigenvalue weighted by atomic mass is 19.4. The summed E-state index contributed by atoms with van der Waals surface area (Å²) in [5.41, 5.74) is -1.45. The Morgan fingerprint density at radius 2 is 1.94 bits per heavy atom. The topological polar surface area (TPSA) is 64.4 Å². The summed E-state index contributed by atoms with van der Waals surface area (Å²) in [6.07, 6.45) is 2.18. The lowest BCUT2D eigenvalue weighted by molar-refractivity contribution is -0.137. The average molecular weight is 461 g/mol. The Hall–Kier alpha value is -3.10. The fourth-order valence-electron chi connectivity index (χ4n) is 4.63. The lowest BCUT2D eigenvalue weighted by Crippen LogP contribution is -2.51. The van der Waals surface area contributed by atoms with Crippen molar-refractivity contribution in [2.45, 2.75) is 51.3 Å². The highest BCUT2D eigenvalue weighted by Gasteiger charge is 2.48. The Kier molecular flexibility index (Phi) is 5.62. The van der Waals surface area contributed by atoms with Crippen LogP contribution < -0.4 is 0 Å². The molecule has 2 aliphatic rings. The number of ether oxygens (including phenoxy) is 1. The number of likely N-dealkylation sites (tertiary alicyclic amines) is 1. The lowest BCUT2D eigenvalue weighted by atomic mass is 9.61. The number of halogens is 3. The number of carbonyl (C=O) groups is 2.